The van der Waals surface area contributed by atoms with Crippen LogP contribution in [0.3, 0.4) is 0 Å². The Labute approximate surface area is 180 Å². The Balaban J connectivity index is 1.71. The molecule has 4 rings (SSSR count). The number of nitrogens with zero attached hydrogens (tertiary/aromatic N) is 1. The quantitative estimate of drug-likeness (QED) is 0.610. The van der Waals surface area contributed by atoms with Gasteiger partial charge in [0.2, 0.25) is 0 Å². The predicted octanol–water partition coefficient (Wildman–Crippen LogP) is 5.27. The van der Waals surface area contributed by atoms with Crippen molar-refractivity contribution in [3.63, 3.8) is 0 Å². The van der Waals surface area contributed by atoms with Crippen LogP contribution < -0.4 is 10.1 Å². The first-order chi connectivity index (χ1) is 14.7. The zero-order valence-corrected chi connectivity index (χ0v) is 18.1. The van der Waals surface area contributed by atoms with Gasteiger partial charge in [-0.05, 0) is 44.0 Å². The van der Waals surface area contributed by atoms with Gasteiger partial charge in [0.1, 0.15) is 12.4 Å². The van der Waals surface area contributed by atoms with E-state index in [-0.39, 0.29) is 6.04 Å². The topological polar surface area (TPSA) is 24.5 Å². The third-order valence-corrected chi connectivity index (χ3v) is 5.75. The zero-order valence-electron chi connectivity index (χ0n) is 18.1. The molecule has 0 amide bonds. The lowest BCUT2D eigenvalue weighted by Crippen LogP contribution is -2.33. The number of ether oxygens (including phenoxy) is 1. The lowest BCUT2D eigenvalue weighted by Gasteiger charge is -2.33. The molecule has 1 heterocycles. The summed E-state index contributed by atoms with van der Waals surface area (Å²) in [6.07, 6.45) is 1.16. The summed E-state index contributed by atoms with van der Waals surface area (Å²) in [5, 5.41) is 3.55. The number of hydrogen-bond donors (Lipinski definition) is 1. The van der Waals surface area contributed by atoms with E-state index in [9.17, 15) is 0 Å². The van der Waals surface area contributed by atoms with Gasteiger partial charge >= 0.3 is 0 Å². The van der Waals surface area contributed by atoms with Crippen LogP contribution in [-0.4, -0.2) is 31.1 Å². The SMILES string of the molecule is Cc1cc(C)cc(C(c2ccccc2OCc2ccccc2)N2CCCNCC2)c1. The van der Waals surface area contributed by atoms with Gasteiger partial charge < -0.3 is 10.1 Å². The number of nitrogens with one attached hydrogen (secondary N) is 1. The highest BCUT2D eigenvalue weighted by Gasteiger charge is 2.26. The monoisotopic (exact) mass is 400 g/mol. The van der Waals surface area contributed by atoms with Crippen molar-refractivity contribution in [3.05, 3.63) is 101 Å². The van der Waals surface area contributed by atoms with E-state index in [4.69, 9.17) is 4.74 Å². The molecule has 0 spiro atoms. The summed E-state index contributed by atoms with van der Waals surface area (Å²) in [5.74, 6) is 0.975. The lowest BCUT2D eigenvalue weighted by atomic mass is 9.93. The van der Waals surface area contributed by atoms with Gasteiger partial charge in [0, 0.05) is 25.2 Å². The van der Waals surface area contributed by atoms with Gasteiger partial charge in [-0.2, -0.15) is 0 Å². The van der Waals surface area contributed by atoms with Crippen LogP contribution in [0.1, 0.15) is 40.3 Å². The number of aryl methyl sites for hydroxylation is 2. The van der Waals surface area contributed by atoms with E-state index in [1.165, 1.54) is 27.8 Å². The standard InChI is InChI=1S/C27H32N2O/c1-21-17-22(2)19-24(18-21)27(29-15-8-13-28-14-16-29)25-11-6-7-12-26(25)30-20-23-9-4-3-5-10-23/h3-7,9-12,17-19,27-28H,8,13-16,20H2,1-2H3. The average Bonchev–Trinajstić information content (AvgIpc) is 3.03. The fourth-order valence-electron chi connectivity index (χ4n) is 4.45. The highest BCUT2D eigenvalue weighted by molar-refractivity contribution is 5.44. The molecule has 0 aromatic heterocycles. The molecule has 1 unspecified atom stereocenters. The van der Waals surface area contributed by atoms with Crippen LogP contribution in [-0.2, 0) is 6.61 Å². The molecule has 1 saturated heterocycles. The summed E-state index contributed by atoms with van der Waals surface area (Å²) < 4.78 is 6.37. The Morgan fingerprint density at radius 3 is 2.40 bits per heavy atom. The molecule has 1 fully saturated rings. The van der Waals surface area contributed by atoms with Crippen LogP contribution in [0.25, 0.3) is 0 Å². The minimum Gasteiger partial charge on any atom is -0.489 e. The van der Waals surface area contributed by atoms with Crippen molar-refractivity contribution < 1.29 is 4.74 Å². The number of hydrogen-bond acceptors (Lipinski definition) is 3. The van der Waals surface area contributed by atoms with E-state index >= 15 is 0 Å². The second kappa shape index (κ2) is 9.92. The minimum absolute atomic E-state index is 0.190. The first kappa shape index (κ1) is 20.6. The number of benzene rings is 3. The summed E-state index contributed by atoms with van der Waals surface area (Å²) in [5.41, 5.74) is 6.41. The third-order valence-electron chi connectivity index (χ3n) is 5.75. The number of para-hydroxylation sites is 1. The van der Waals surface area contributed by atoms with Crippen LogP contribution in [0.15, 0.2) is 72.8 Å². The fourth-order valence-corrected chi connectivity index (χ4v) is 4.45. The molecular weight excluding hydrogens is 368 g/mol. The second-order valence-corrected chi connectivity index (χ2v) is 8.28. The maximum atomic E-state index is 6.37. The minimum atomic E-state index is 0.190. The van der Waals surface area contributed by atoms with Gasteiger partial charge in [-0.25, -0.2) is 0 Å². The summed E-state index contributed by atoms with van der Waals surface area (Å²) >= 11 is 0. The largest absolute Gasteiger partial charge is 0.489 e. The molecule has 0 saturated carbocycles. The van der Waals surface area contributed by atoms with Crippen molar-refractivity contribution in [2.24, 2.45) is 0 Å². The molecule has 3 nitrogen and oxygen atoms in total. The summed E-state index contributed by atoms with van der Waals surface area (Å²) in [6, 6.07) is 26.1. The molecule has 30 heavy (non-hydrogen) atoms. The highest BCUT2D eigenvalue weighted by atomic mass is 16.5. The molecule has 3 aromatic carbocycles. The molecule has 1 aliphatic heterocycles. The fraction of sp³-hybridized carbons (Fsp3) is 0.333. The number of rotatable bonds is 6. The van der Waals surface area contributed by atoms with Crippen LogP contribution in [0.5, 0.6) is 5.75 Å². The van der Waals surface area contributed by atoms with Crippen molar-refractivity contribution in [2.75, 3.05) is 26.2 Å². The van der Waals surface area contributed by atoms with Crippen LogP contribution in [0, 0.1) is 13.8 Å². The summed E-state index contributed by atoms with van der Waals surface area (Å²) in [4.78, 5) is 2.61. The van der Waals surface area contributed by atoms with E-state index < -0.39 is 0 Å². The van der Waals surface area contributed by atoms with E-state index in [2.05, 4.69) is 90.8 Å². The molecule has 0 radical (unpaired) electrons. The Hall–Kier alpha value is -2.62. The van der Waals surface area contributed by atoms with Gasteiger partial charge in [0.05, 0.1) is 6.04 Å². The van der Waals surface area contributed by atoms with E-state index in [1.54, 1.807) is 0 Å². The van der Waals surface area contributed by atoms with Crippen molar-refractivity contribution >= 4 is 0 Å². The molecule has 0 bridgehead atoms. The molecule has 156 valence electrons. The Morgan fingerprint density at radius 2 is 1.60 bits per heavy atom. The van der Waals surface area contributed by atoms with Gasteiger partial charge in [-0.15, -0.1) is 0 Å². The molecule has 3 heteroatoms. The van der Waals surface area contributed by atoms with Crippen molar-refractivity contribution in [2.45, 2.75) is 32.9 Å². The molecule has 3 aromatic rings. The molecular formula is C27H32N2O. The normalized spacial score (nSPS) is 16.1. The second-order valence-electron chi connectivity index (χ2n) is 8.28. The van der Waals surface area contributed by atoms with Crippen molar-refractivity contribution in [3.8, 4) is 5.75 Å². The van der Waals surface area contributed by atoms with Crippen molar-refractivity contribution in [1.82, 2.24) is 10.2 Å². The van der Waals surface area contributed by atoms with Crippen LogP contribution >= 0.6 is 0 Å². The van der Waals surface area contributed by atoms with E-state index in [0.717, 1.165) is 38.3 Å². The lowest BCUT2D eigenvalue weighted by molar-refractivity contribution is 0.230. The van der Waals surface area contributed by atoms with Crippen LogP contribution in [0.4, 0.5) is 0 Å². The maximum absolute atomic E-state index is 6.37. The highest BCUT2D eigenvalue weighted by Crippen LogP contribution is 2.36. The Morgan fingerprint density at radius 1 is 0.867 bits per heavy atom. The van der Waals surface area contributed by atoms with Gasteiger partial charge in [0.25, 0.3) is 0 Å². The van der Waals surface area contributed by atoms with E-state index in [1.807, 2.05) is 6.07 Å². The zero-order chi connectivity index (χ0) is 20.8. The van der Waals surface area contributed by atoms with Gasteiger partial charge in [0.15, 0.2) is 0 Å². The maximum Gasteiger partial charge on any atom is 0.124 e. The predicted molar refractivity (Wildman–Crippen MR) is 124 cm³/mol. The molecule has 1 N–H and O–H groups in total. The van der Waals surface area contributed by atoms with E-state index in [0.29, 0.717) is 6.61 Å². The van der Waals surface area contributed by atoms with Gasteiger partial charge in [-0.1, -0.05) is 77.9 Å². The first-order valence-corrected chi connectivity index (χ1v) is 11.0. The molecule has 0 aliphatic carbocycles. The van der Waals surface area contributed by atoms with Crippen molar-refractivity contribution in [1.29, 1.82) is 0 Å². The summed E-state index contributed by atoms with van der Waals surface area (Å²) in [6.45, 7) is 9.18. The Kier molecular flexibility index (Phi) is 6.83. The Bertz CT molecular complexity index is 926. The molecule has 1 atom stereocenters. The smallest absolute Gasteiger partial charge is 0.124 e. The first-order valence-electron chi connectivity index (χ1n) is 11.0. The van der Waals surface area contributed by atoms with Crippen LogP contribution in [0.2, 0.25) is 0 Å². The summed E-state index contributed by atoms with van der Waals surface area (Å²) in [7, 11) is 0. The molecule has 1 aliphatic rings. The third kappa shape index (κ3) is 5.10. The van der Waals surface area contributed by atoms with Gasteiger partial charge in [-0.3, -0.25) is 4.90 Å². The average molecular weight is 401 g/mol.